The average Bonchev–Trinajstić information content (AvgIpc) is 2.39. The zero-order valence-electron chi connectivity index (χ0n) is 11.1. The Balaban J connectivity index is 2.77. The number of halogens is 1. The third-order valence-corrected chi connectivity index (χ3v) is 4.25. The summed E-state index contributed by atoms with van der Waals surface area (Å²) in [5, 5.41) is 8.82. The van der Waals surface area contributed by atoms with Crippen molar-refractivity contribution in [1.29, 1.82) is 0 Å². The summed E-state index contributed by atoms with van der Waals surface area (Å²) in [4.78, 5) is 13.3. The Morgan fingerprint density at radius 1 is 1.37 bits per heavy atom. The normalized spacial score (nSPS) is 12.6. The van der Waals surface area contributed by atoms with Crippen LogP contribution in [0.5, 0.6) is 0 Å². The van der Waals surface area contributed by atoms with Crippen LogP contribution in [0.3, 0.4) is 0 Å². The molecule has 0 aliphatic carbocycles. The first-order valence-corrected chi connectivity index (χ1v) is 7.45. The minimum atomic E-state index is -1.35. The fourth-order valence-electron chi connectivity index (χ4n) is 1.68. The summed E-state index contributed by atoms with van der Waals surface area (Å²) in [6.07, 6.45) is 0. The van der Waals surface area contributed by atoms with Crippen molar-refractivity contribution in [3.05, 3.63) is 29.6 Å². The number of benzene rings is 1. The van der Waals surface area contributed by atoms with Gasteiger partial charge >= 0.3 is 5.97 Å². The fraction of sp³-hybridized carbons (Fsp3) is 0.462. The SMILES string of the molecule is CCN(CC)CCS(=O)c1ccc(F)c(C(=O)O)c1. The van der Waals surface area contributed by atoms with E-state index < -0.39 is 28.1 Å². The quantitative estimate of drug-likeness (QED) is 0.833. The minimum absolute atomic E-state index is 0.353. The van der Waals surface area contributed by atoms with Crippen molar-refractivity contribution in [2.75, 3.05) is 25.4 Å². The maximum absolute atomic E-state index is 13.2. The highest BCUT2D eigenvalue weighted by atomic mass is 32.2. The lowest BCUT2D eigenvalue weighted by Crippen LogP contribution is -2.27. The van der Waals surface area contributed by atoms with Gasteiger partial charge in [-0.25, -0.2) is 9.18 Å². The number of nitrogens with zero attached hydrogens (tertiary/aromatic N) is 1. The number of hydrogen-bond acceptors (Lipinski definition) is 3. The van der Waals surface area contributed by atoms with Gasteiger partial charge in [0.25, 0.3) is 0 Å². The summed E-state index contributed by atoms with van der Waals surface area (Å²) in [5.41, 5.74) is -0.436. The maximum Gasteiger partial charge on any atom is 0.338 e. The van der Waals surface area contributed by atoms with Crippen LogP contribution < -0.4 is 0 Å². The van der Waals surface area contributed by atoms with Crippen LogP contribution in [-0.4, -0.2) is 45.6 Å². The fourth-order valence-corrected chi connectivity index (χ4v) is 2.81. The van der Waals surface area contributed by atoms with Gasteiger partial charge in [0.05, 0.1) is 16.4 Å². The lowest BCUT2D eigenvalue weighted by Gasteiger charge is -2.17. The predicted molar refractivity (Wildman–Crippen MR) is 72.4 cm³/mol. The molecule has 1 atom stereocenters. The molecule has 1 aromatic rings. The van der Waals surface area contributed by atoms with Crippen LogP contribution in [0.4, 0.5) is 4.39 Å². The molecule has 106 valence electrons. The van der Waals surface area contributed by atoms with E-state index in [9.17, 15) is 13.4 Å². The molecule has 0 bridgehead atoms. The van der Waals surface area contributed by atoms with Crippen molar-refractivity contribution in [2.24, 2.45) is 0 Å². The number of hydrogen-bond donors (Lipinski definition) is 1. The summed E-state index contributed by atoms with van der Waals surface area (Å²) in [5.74, 6) is -1.75. The van der Waals surface area contributed by atoms with Gasteiger partial charge in [0, 0.05) is 17.2 Å². The molecule has 1 aromatic carbocycles. The van der Waals surface area contributed by atoms with Gasteiger partial charge in [0.1, 0.15) is 5.82 Å². The Labute approximate surface area is 114 Å². The van der Waals surface area contributed by atoms with Gasteiger partial charge in [-0.3, -0.25) is 4.21 Å². The van der Waals surface area contributed by atoms with Crippen LogP contribution in [0.15, 0.2) is 23.1 Å². The number of aromatic carboxylic acids is 1. The second kappa shape index (κ2) is 7.35. The molecule has 0 fully saturated rings. The van der Waals surface area contributed by atoms with E-state index in [0.29, 0.717) is 17.2 Å². The van der Waals surface area contributed by atoms with Gasteiger partial charge < -0.3 is 10.0 Å². The van der Waals surface area contributed by atoms with Gasteiger partial charge in [-0.05, 0) is 31.3 Å². The summed E-state index contributed by atoms with van der Waals surface area (Å²) in [6, 6.07) is 3.57. The third kappa shape index (κ3) is 4.40. The van der Waals surface area contributed by atoms with Gasteiger partial charge in [-0.2, -0.15) is 0 Å². The molecular formula is C13H18FNO3S. The lowest BCUT2D eigenvalue weighted by atomic mass is 10.2. The van der Waals surface area contributed by atoms with Crippen molar-refractivity contribution in [2.45, 2.75) is 18.7 Å². The number of carboxylic acid groups (broad SMARTS) is 1. The number of carbonyl (C=O) groups is 1. The smallest absolute Gasteiger partial charge is 0.338 e. The van der Waals surface area contributed by atoms with E-state index in [1.165, 1.54) is 6.07 Å². The van der Waals surface area contributed by atoms with Crippen LogP contribution in [0.2, 0.25) is 0 Å². The van der Waals surface area contributed by atoms with Crippen LogP contribution in [0, 0.1) is 5.82 Å². The second-order valence-corrected chi connectivity index (χ2v) is 5.59. The van der Waals surface area contributed by atoms with E-state index in [2.05, 4.69) is 4.90 Å². The van der Waals surface area contributed by atoms with Crippen LogP contribution in [0.1, 0.15) is 24.2 Å². The molecular weight excluding hydrogens is 269 g/mol. The highest BCUT2D eigenvalue weighted by molar-refractivity contribution is 7.85. The minimum Gasteiger partial charge on any atom is -0.478 e. The summed E-state index contributed by atoms with van der Waals surface area (Å²) in [7, 11) is -1.31. The third-order valence-electron chi connectivity index (χ3n) is 2.92. The average molecular weight is 287 g/mol. The number of rotatable bonds is 7. The van der Waals surface area contributed by atoms with Gasteiger partial charge in [-0.1, -0.05) is 13.8 Å². The first-order valence-electron chi connectivity index (χ1n) is 6.13. The molecule has 6 heteroatoms. The molecule has 4 nitrogen and oxygen atoms in total. The topological polar surface area (TPSA) is 57.6 Å². The summed E-state index contributed by atoms with van der Waals surface area (Å²) >= 11 is 0. The van der Waals surface area contributed by atoms with E-state index in [1.54, 1.807) is 0 Å². The molecule has 0 heterocycles. The zero-order valence-corrected chi connectivity index (χ0v) is 11.9. The van der Waals surface area contributed by atoms with Crippen LogP contribution in [-0.2, 0) is 10.8 Å². The van der Waals surface area contributed by atoms with E-state index in [0.717, 1.165) is 25.2 Å². The standard InChI is InChI=1S/C13H18FNO3S/c1-3-15(4-2)7-8-19(18)10-5-6-12(14)11(9-10)13(16)17/h5-6,9H,3-4,7-8H2,1-2H3,(H,16,17). The molecule has 1 unspecified atom stereocenters. The van der Waals surface area contributed by atoms with Crippen molar-refractivity contribution < 1.29 is 18.5 Å². The van der Waals surface area contributed by atoms with Crippen molar-refractivity contribution in [3.8, 4) is 0 Å². The Hall–Kier alpha value is -1.27. The first-order chi connectivity index (χ1) is 8.99. The molecule has 0 saturated heterocycles. The highest BCUT2D eigenvalue weighted by Crippen LogP contribution is 2.14. The molecule has 0 aliphatic rings. The molecule has 19 heavy (non-hydrogen) atoms. The molecule has 0 radical (unpaired) electrons. The molecule has 0 spiro atoms. The van der Waals surface area contributed by atoms with Crippen LogP contribution >= 0.6 is 0 Å². The number of carboxylic acids is 1. The molecule has 0 saturated carbocycles. The van der Waals surface area contributed by atoms with E-state index >= 15 is 0 Å². The molecule has 0 aromatic heterocycles. The van der Waals surface area contributed by atoms with Crippen molar-refractivity contribution in [1.82, 2.24) is 4.90 Å². The molecule has 1 N–H and O–H groups in total. The molecule has 0 amide bonds. The van der Waals surface area contributed by atoms with Crippen molar-refractivity contribution >= 4 is 16.8 Å². The van der Waals surface area contributed by atoms with Crippen molar-refractivity contribution in [3.63, 3.8) is 0 Å². The van der Waals surface area contributed by atoms with Gasteiger partial charge in [0.15, 0.2) is 0 Å². The second-order valence-electron chi connectivity index (χ2n) is 4.02. The van der Waals surface area contributed by atoms with Gasteiger partial charge in [0.2, 0.25) is 0 Å². The molecule has 1 rings (SSSR count). The Morgan fingerprint density at radius 3 is 2.53 bits per heavy atom. The monoisotopic (exact) mass is 287 g/mol. The lowest BCUT2D eigenvalue weighted by molar-refractivity contribution is 0.0691. The summed E-state index contributed by atoms with van der Waals surface area (Å²) in [6.45, 7) is 6.45. The van der Waals surface area contributed by atoms with Crippen LogP contribution in [0.25, 0.3) is 0 Å². The van der Waals surface area contributed by atoms with Gasteiger partial charge in [-0.15, -0.1) is 0 Å². The predicted octanol–water partition coefficient (Wildman–Crippen LogP) is 1.97. The zero-order chi connectivity index (χ0) is 14.4. The van der Waals surface area contributed by atoms with E-state index in [1.807, 2.05) is 13.8 Å². The Bertz CT molecular complexity index is 475. The highest BCUT2D eigenvalue weighted by Gasteiger charge is 2.14. The Kier molecular flexibility index (Phi) is 6.11. The first kappa shape index (κ1) is 15.8. The maximum atomic E-state index is 13.2. The van der Waals surface area contributed by atoms with E-state index in [4.69, 9.17) is 5.11 Å². The summed E-state index contributed by atoms with van der Waals surface area (Å²) < 4.78 is 25.3. The molecule has 0 aliphatic heterocycles. The Morgan fingerprint density at radius 2 is 2.00 bits per heavy atom. The largest absolute Gasteiger partial charge is 0.478 e. The van der Waals surface area contributed by atoms with E-state index in [-0.39, 0.29) is 0 Å².